The van der Waals surface area contributed by atoms with Gasteiger partial charge in [0.2, 0.25) is 5.91 Å². The molecule has 1 atom stereocenters. The molecule has 1 aromatic rings. The molecule has 1 unspecified atom stereocenters. The van der Waals surface area contributed by atoms with Crippen LogP contribution in [0.1, 0.15) is 58.6 Å². The number of ether oxygens (including phenoxy) is 1. The highest BCUT2D eigenvalue weighted by Crippen LogP contribution is 2.17. The van der Waals surface area contributed by atoms with E-state index in [9.17, 15) is 4.79 Å². The minimum Gasteiger partial charge on any atom is -0.494 e. The molecule has 0 aliphatic carbocycles. The third-order valence-electron chi connectivity index (χ3n) is 3.94. The maximum absolute atomic E-state index is 12.1. The molecule has 0 aromatic heterocycles. The summed E-state index contributed by atoms with van der Waals surface area (Å²) in [4.78, 5) is 16.3. The third kappa shape index (κ3) is 9.30. The fourth-order valence-corrected chi connectivity index (χ4v) is 2.40. The minimum atomic E-state index is -0.0375. The average Bonchev–Trinajstić information content (AvgIpc) is 2.59. The first kappa shape index (κ1) is 21.8. The first-order chi connectivity index (χ1) is 12.4. The van der Waals surface area contributed by atoms with Crippen molar-refractivity contribution in [2.45, 2.75) is 53.0 Å². The highest BCUT2D eigenvalue weighted by atomic mass is 16.5. The number of hydrogen-bond acceptors (Lipinski definition) is 3. The third-order valence-corrected chi connectivity index (χ3v) is 3.94. The molecule has 0 heterocycles. The van der Waals surface area contributed by atoms with Gasteiger partial charge in [-0.15, -0.1) is 0 Å². The lowest BCUT2D eigenvalue weighted by Gasteiger charge is -2.15. The van der Waals surface area contributed by atoms with Gasteiger partial charge < -0.3 is 21.1 Å². The molecular weight excluding hydrogens is 328 g/mol. The van der Waals surface area contributed by atoms with Crippen molar-refractivity contribution in [2.24, 2.45) is 16.6 Å². The van der Waals surface area contributed by atoms with Gasteiger partial charge >= 0.3 is 0 Å². The molecule has 1 amide bonds. The maximum atomic E-state index is 12.1. The van der Waals surface area contributed by atoms with Gasteiger partial charge in [-0.1, -0.05) is 26.0 Å². The Kier molecular flexibility index (Phi) is 10.2. The molecule has 4 N–H and O–H groups in total. The fourth-order valence-electron chi connectivity index (χ4n) is 2.40. The Balaban J connectivity index is 2.26. The van der Waals surface area contributed by atoms with E-state index >= 15 is 0 Å². The van der Waals surface area contributed by atoms with Crippen LogP contribution in [0, 0.1) is 5.92 Å². The van der Waals surface area contributed by atoms with Crippen LogP contribution in [-0.4, -0.2) is 31.6 Å². The lowest BCUT2D eigenvalue weighted by atomic mass is 10.1. The van der Waals surface area contributed by atoms with E-state index in [4.69, 9.17) is 10.5 Å². The van der Waals surface area contributed by atoms with Crippen molar-refractivity contribution >= 4 is 11.9 Å². The molecule has 146 valence electrons. The number of nitrogens with one attached hydrogen (secondary N) is 2. The Morgan fingerprint density at radius 2 is 1.92 bits per heavy atom. The normalized spacial score (nSPS) is 12.7. The number of benzene rings is 1. The van der Waals surface area contributed by atoms with Gasteiger partial charge in [-0.2, -0.15) is 0 Å². The summed E-state index contributed by atoms with van der Waals surface area (Å²) in [7, 11) is 0. The van der Waals surface area contributed by atoms with E-state index in [0.717, 1.165) is 24.3 Å². The number of nitrogens with two attached hydrogens (primary N) is 1. The number of carbonyl (C=O) groups excluding carboxylic acids is 1. The van der Waals surface area contributed by atoms with E-state index in [1.54, 1.807) is 0 Å². The molecule has 1 aromatic carbocycles. The van der Waals surface area contributed by atoms with E-state index < -0.39 is 0 Å². The Labute approximate surface area is 157 Å². The quantitative estimate of drug-likeness (QED) is 0.321. The first-order valence-corrected chi connectivity index (χ1v) is 9.48. The summed E-state index contributed by atoms with van der Waals surface area (Å²) in [6.45, 7) is 10.3. The summed E-state index contributed by atoms with van der Waals surface area (Å²) >= 11 is 0. The second kappa shape index (κ2) is 12.2. The van der Waals surface area contributed by atoms with Gasteiger partial charge in [0.1, 0.15) is 5.75 Å². The monoisotopic (exact) mass is 362 g/mol. The molecule has 0 fully saturated rings. The summed E-state index contributed by atoms with van der Waals surface area (Å²) in [6.07, 6.45) is 2.17. The van der Waals surface area contributed by atoms with Crippen molar-refractivity contribution in [3.05, 3.63) is 29.8 Å². The predicted octanol–water partition coefficient (Wildman–Crippen LogP) is 2.99. The van der Waals surface area contributed by atoms with Crippen LogP contribution >= 0.6 is 0 Å². The maximum Gasteiger partial charge on any atom is 0.220 e. The largest absolute Gasteiger partial charge is 0.494 e. The van der Waals surface area contributed by atoms with Crippen LogP contribution in [0.15, 0.2) is 29.3 Å². The van der Waals surface area contributed by atoms with Gasteiger partial charge in [0.15, 0.2) is 5.96 Å². The van der Waals surface area contributed by atoms with Crippen LogP contribution in [0.4, 0.5) is 0 Å². The highest BCUT2D eigenvalue weighted by Gasteiger charge is 2.09. The number of rotatable bonds is 11. The topological polar surface area (TPSA) is 88.7 Å². The van der Waals surface area contributed by atoms with Crippen molar-refractivity contribution in [3.63, 3.8) is 0 Å². The smallest absolute Gasteiger partial charge is 0.220 e. The molecule has 0 bridgehead atoms. The van der Waals surface area contributed by atoms with E-state index in [-0.39, 0.29) is 11.9 Å². The van der Waals surface area contributed by atoms with Gasteiger partial charge in [-0.3, -0.25) is 9.79 Å². The minimum absolute atomic E-state index is 0.0212. The Hall–Kier alpha value is -2.24. The zero-order valence-electron chi connectivity index (χ0n) is 16.5. The molecule has 0 radical (unpaired) electrons. The van der Waals surface area contributed by atoms with Gasteiger partial charge in [0.05, 0.1) is 12.6 Å². The fraction of sp³-hybridized carbons (Fsp3) is 0.600. The Morgan fingerprint density at radius 1 is 1.23 bits per heavy atom. The number of guanidine groups is 1. The van der Waals surface area contributed by atoms with Crippen LogP contribution in [-0.2, 0) is 4.79 Å². The number of aliphatic imine (C=N–C) groups is 1. The highest BCUT2D eigenvalue weighted by molar-refractivity contribution is 5.78. The van der Waals surface area contributed by atoms with Crippen molar-refractivity contribution in [2.75, 3.05) is 19.7 Å². The Bertz CT molecular complexity index is 555. The van der Waals surface area contributed by atoms with E-state index in [1.807, 2.05) is 38.1 Å². The van der Waals surface area contributed by atoms with Gasteiger partial charge in [-0.05, 0) is 50.3 Å². The molecular formula is C20H34N4O2. The van der Waals surface area contributed by atoms with Crippen molar-refractivity contribution in [3.8, 4) is 5.75 Å². The van der Waals surface area contributed by atoms with Crippen molar-refractivity contribution in [1.29, 1.82) is 0 Å². The van der Waals surface area contributed by atoms with Crippen LogP contribution in [0.2, 0.25) is 0 Å². The lowest BCUT2D eigenvalue weighted by molar-refractivity contribution is -0.121. The summed E-state index contributed by atoms with van der Waals surface area (Å²) in [6, 6.07) is 7.76. The van der Waals surface area contributed by atoms with Gasteiger partial charge in [-0.25, -0.2) is 0 Å². The number of amides is 1. The first-order valence-electron chi connectivity index (χ1n) is 9.48. The SMILES string of the molecule is CCOc1ccc(C(C)NC(=O)CCCN=C(N)NCCC(C)C)cc1. The molecule has 0 aliphatic heterocycles. The summed E-state index contributed by atoms with van der Waals surface area (Å²) in [5.41, 5.74) is 6.85. The van der Waals surface area contributed by atoms with Crippen molar-refractivity contribution in [1.82, 2.24) is 10.6 Å². The number of nitrogens with zero attached hydrogens (tertiary/aromatic N) is 1. The zero-order valence-corrected chi connectivity index (χ0v) is 16.5. The zero-order chi connectivity index (χ0) is 19.4. The van der Waals surface area contributed by atoms with Crippen LogP contribution in [0.3, 0.4) is 0 Å². The molecule has 0 saturated heterocycles. The Morgan fingerprint density at radius 3 is 2.54 bits per heavy atom. The second-order valence-corrected chi connectivity index (χ2v) is 6.77. The molecule has 0 saturated carbocycles. The van der Waals surface area contributed by atoms with Gasteiger partial charge in [0, 0.05) is 19.5 Å². The molecule has 0 spiro atoms. The predicted molar refractivity (Wildman–Crippen MR) is 107 cm³/mol. The van der Waals surface area contributed by atoms with Crippen molar-refractivity contribution < 1.29 is 9.53 Å². The molecule has 6 heteroatoms. The standard InChI is InChI=1S/C20H34N4O2/c1-5-26-18-10-8-17(9-11-18)16(4)24-19(25)7-6-13-22-20(21)23-14-12-15(2)3/h8-11,15-16H,5-7,12-14H2,1-4H3,(H,24,25)(H3,21,22,23). The average molecular weight is 363 g/mol. The molecule has 0 aliphatic rings. The van der Waals surface area contributed by atoms with Gasteiger partial charge in [0.25, 0.3) is 0 Å². The van der Waals surface area contributed by atoms with E-state index in [1.165, 1.54) is 0 Å². The van der Waals surface area contributed by atoms with E-state index in [0.29, 0.717) is 37.9 Å². The van der Waals surface area contributed by atoms with Crippen LogP contribution < -0.4 is 21.1 Å². The van der Waals surface area contributed by atoms with Crippen LogP contribution in [0.25, 0.3) is 0 Å². The number of hydrogen-bond donors (Lipinski definition) is 3. The summed E-state index contributed by atoms with van der Waals surface area (Å²) in [5, 5.41) is 6.09. The summed E-state index contributed by atoms with van der Waals surface area (Å²) < 4.78 is 5.43. The molecule has 6 nitrogen and oxygen atoms in total. The molecule has 1 rings (SSSR count). The number of carbonyl (C=O) groups is 1. The summed E-state index contributed by atoms with van der Waals surface area (Å²) in [5.74, 6) is 1.95. The second-order valence-electron chi connectivity index (χ2n) is 6.77. The lowest BCUT2D eigenvalue weighted by Crippen LogP contribution is -2.33. The molecule has 26 heavy (non-hydrogen) atoms. The van der Waals surface area contributed by atoms with Crippen LogP contribution in [0.5, 0.6) is 5.75 Å². The van der Waals surface area contributed by atoms with E-state index in [2.05, 4.69) is 29.5 Å².